The molecule has 2 heterocycles. The van der Waals surface area contributed by atoms with Crippen LogP contribution in [-0.2, 0) is 6.67 Å². The lowest BCUT2D eigenvalue weighted by Gasteiger charge is -2.26. The fraction of sp³-hybridized carbons (Fsp3) is 0.600. The molecule has 2 aromatic rings. The summed E-state index contributed by atoms with van der Waals surface area (Å²) in [7, 11) is 2.20. The van der Waals surface area contributed by atoms with Crippen LogP contribution in [0.3, 0.4) is 0 Å². The van der Waals surface area contributed by atoms with Gasteiger partial charge in [0.25, 0.3) is 0 Å². The maximum atomic E-state index is 5.39. The molecule has 0 atom stereocenters. The molecule has 0 saturated heterocycles. The van der Waals surface area contributed by atoms with Gasteiger partial charge in [-0.15, -0.1) is 11.3 Å². The first kappa shape index (κ1) is 14.9. The molecule has 0 unspecified atom stereocenters. The molecular weight excluding hydrogens is 300 g/mol. The molecule has 0 radical (unpaired) electrons. The van der Waals surface area contributed by atoms with Crippen molar-refractivity contribution in [3.63, 3.8) is 0 Å². The molecule has 21 heavy (non-hydrogen) atoms. The quantitative estimate of drug-likeness (QED) is 0.674. The van der Waals surface area contributed by atoms with Crippen molar-refractivity contribution < 1.29 is 0 Å². The van der Waals surface area contributed by atoms with E-state index in [9.17, 15) is 0 Å². The van der Waals surface area contributed by atoms with Gasteiger partial charge in [-0.1, -0.05) is 31.7 Å². The molecular formula is C15H22N4S2. The Morgan fingerprint density at radius 1 is 1.38 bits per heavy atom. The molecule has 1 aliphatic carbocycles. The Hall–Kier alpha value is -0.980. The Labute approximate surface area is 134 Å². The maximum Gasteiger partial charge on any atom is 0.217 e. The van der Waals surface area contributed by atoms with Gasteiger partial charge in [0.2, 0.25) is 4.77 Å². The Kier molecular flexibility index (Phi) is 4.87. The summed E-state index contributed by atoms with van der Waals surface area (Å²) >= 11 is 7.07. The maximum absolute atomic E-state index is 5.39. The second-order valence-electron chi connectivity index (χ2n) is 5.80. The summed E-state index contributed by atoms with van der Waals surface area (Å²) in [4.78, 5) is 8.03. The molecule has 0 amide bonds. The lowest BCUT2D eigenvalue weighted by molar-refractivity contribution is 0.166. The number of rotatable bonds is 4. The fourth-order valence-corrected chi connectivity index (χ4v) is 3.87. The average molecular weight is 323 g/mol. The van der Waals surface area contributed by atoms with Gasteiger partial charge in [-0.25, -0.2) is 4.68 Å². The van der Waals surface area contributed by atoms with E-state index in [-0.39, 0.29) is 0 Å². The van der Waals surface area contributed by atoms with Crippen LogP contribution in [0.25, 0.3) is 10.7 Å². The van der Waals surface area contributed by atoms with Gasteiger partial charge in [0, 0.05) is 6.04 Å². The number of nitrogens with zero attached hydrogens (tertiary/aromatic N) is 3. The van der Waals surface area contributed by atoms with E-state index in [1.807, 2.05) is 10.7 Å². The molecule has 114 valence electrons. The molecule has 6 heteroatoms. The second-order valence-corrected chi connectivity index (χ2v) is 7.12. The highest BCUT2D eigenvalue weighted by Crippen LogP contribution is 2.23. The zero-order valence-electron chi connectivity index (χ0n) is 12.4. The van der Waals surface area contributed by atoms with E-state index in [1.165, 1.54) is 38.5 Å². The highest BCUT2D eigenvalue weighted by molar-refractivity contribution is 7.71. The van der Waals surface area contributed by atoms with Crippen molar-refractivity contribution in [2.45, 2.75) is 51.2 Å². The van der Waals surface area contributed by atoms with Crippen LogP contribution in [0, 0.1) is 4.77 Å². The largest absolute Gasteiger partial charge is 0.284 e. The van der Waals surface area contributed by atoms with Gasteiger partial charge in [0.1, 0.15) is 0 Å². The highest BCUT2D eigenvalue weighted by atomic mass is 32.1. The van der Waals surface area contributed by atoms with Crippen molar-refractivity contribution in [1.29, 1.82) is 0 Å². The minimum absolute atomic E-state index is 0.638. The summed E-state index contributed by atoms with van der Waals surface area (Å²) in [5, 5.41) is 5.40. The van der Waals surface area contributed by atoms with Crippen molar-refractivity contribution in [2.75, 3.05) is 7.05 Å². The third kappa shape index (κ3) is 3.62. The summed E-state index contributed by atoms with van der Waals surface area (Å²) in [6, 6.07) is 4.77. The molecule has 2 aromatic heterocycles. The smallest absolute Gasteiger partial charge is 0.217 e. The van der Waals surface area contributed by atoms with Crippen LogP contribution in [0.1, 0.15) is 38.5 Å². The standard InChI is InChI=1S/C15H22N4S2/c1-18(12-7-4-2-3-5-8-12)11-19-15(20)16-14(17-19)13-9-6-10-21-13/h6,9-10,12H,2-5,7-8,11H2,1H3,(H,16,17,20). The fourth-order valence-electron chi connectivity index (χ4n) is 3.01. The summed E-state index contributed by atoms with van der Waals surface area (Å²) in [6.07, 6.45) is 8.08. The van der Waals surface area contributed by atoms with E-state index in [0.29, 0.717) is 10.8 Å². The molecule has 1 saturated carbocycles. The number of thiophene rings is 1. The third-order valence-corrected chi connectivity index (χ3v) is 5.43. The number of hydrogen-bond acceptors (Lipinski definition) is 4. The minimum Gasteiger partial charge on any atom is -0.284 e. The van der Waals surface area contributed by atoms with Crippen LogP contribution in [0.4, 0.5) is 0 Å². The number of nitrogens with one attached hydrogen (secondary N) is 1. The molecule has 1 aliphatic rings. The average Bonchev–Trinajstić information content (AvgIpc) is 3.02. The van der Waals surface area contributed by atoms with Crippen LogP contribution in [0.5, 0.6) is 0 Å². The first-order valence-corrected chi connectivity index (χ1v) is 8.94. The normalized spacial score (nSPS) is 17.2. The monoisotopic (exact) mass is 322 g/mol. The lowest BCUT2D eigenvalue weighted by atomic mass is 10.1. The van der Waals surface area contributed by atoms with E-state index < -0.39 is 0 Å². The van der Waals surface area contributed by atoms with Crippen molar-refractivity contribution >= 4 is 23.6 Å². The van der Waals surface area contributed by atoms with Gasteiger partial charge >= 0.3 is 0 Å². The summed E-state index contributed by atoms with van der Waals surface area (Å²) in [5.41, 5.74) is 0. The molecule has 4 nitrogen and oxygen atoms in total. The lowest BCUT2D eigenvalue weighted by Crippen LogP contribution is -2.33. The summed E-state index contributed by atoms with van der Waals surface area (Å²) < 4.78 is 2.62. The number of H-pyrrole nitrogens is 1. The van der Waals surface area contributed by atoms with Crippen LogP contribution in [0.2, 0.25) is 0 Å². The van der Waals surface area contributed by atoms with Crippen LogP contribution >= 0.6 is 23.6 Å². The van der Waals surface area contributed by atoms with E-state index >= 15 is 0 Å². The van der Waals surface area contributed by atoms with Gasteiger partial charge in [0.05, 0.1) is 11.5 Å². The predicted molar refractivity (Wildman–Crippen MR) is 90.0 cm³/mol. The number of aromatic nitrogens is 3. The first-order chi connectivity index (χ1) is 10.2. The van der Waals surface area contributed by atoms with Crippen LogP contribution < -0.4 is 0 Å². The second kappa shape index (κ2) is 6.85. The number of aromatic amines is 1. The van der Waals surface area contributed by atoms with Gasteiger partial charge in [-0.3, -0.25) is 10.00 Å². The van der Waals surface area contributed by atoms with Crippen molar-refractivity contribution in [3.8, 4) is 10.7 Å². The van der Waals surface area contributed by atoms with E-state index in [4.69, 9.17) is 12.2 Å². The van der Waals surface area contributed by atoms with Gasteiger partial charge in [-0.2, -0.15) is 4.98 Å². The number of hydrogen-bond donors (Lipinski definition) is 1. The topological polar surface area (TPSA) is 36.9 Å². The molecule has 0 spiro atoms. The van der Waals surface area contributed by atoms with Crippen LogP contribution in [0.15, 0.2) is 17.5 Å². The molecule has 1 fully saturated rings. The highest BCUT2D eigenvalue weighted by Gasteiger charge is 2.18. The molecule has 3 rings (SSSR count). The molecule has 0 aromatic carbocycles. The van der Waals surface area contributed by atoms with Gasteiger partial charge in [0.15, 0.2) is 5.82 Å². The predicted octanol–water partition coefficient (Wildman–Crippen LogP) is 4.28. The zero-order chi connectivity index (χ0) is 14.7. The molecule has 0 bridgehead atoms. The first-order valence-electron chi connectivity index (χ1n) is 7.65. The Balaban J connectivity index is 1.71. The Morgan fingerprint density at radius 2 is 2.14 bits per heavy atom. The third-order valence-electron chi connectivity index (χ3n) is 4.25. The van der Waals surface area contributed by atoms with E-state index in [1.54, 1.807) is 11.3 Å². The SMILES string of the molecule is CN(Cn1[nH]c(-c2cccs2)nc1=S)C1CCCCCC1. The Morgan fingerprint density at radius 3 is 2.81 bits per heavy atom. The van der Waals surface area contributed by atoms with Crippen LogP contribution in [-0.4, -0.2) is 32.8 Å². The molecule has 0 aliphatic heterocycles. The van der Waals surface area contributed by atoms with Crippen molar-refractivity contribution in [3.05, 3.63) is 22.3 Å². The van der Waals surface area contributed by atoms with Crippen molar-refractivity contribution in [1.82, 2.24) is 19.7 Å². The van der Waals surface area contributed by atoms with Gasteiger partial charge in [-0.05, 0) is 43.6 Å². The summed E-state index contributed by atoms with van der Waals surface area (Å²) in [6.45, 7) is 0.794. The van der Waals surface area contributed by atoms with Crippen molar-refractivity contribution in [2.24, 2.45) is 0 Å². The van der Waals surface area contributed by atoms with Gasteiger partial charge < -0.3 is 0 Å². The minimum atomic E-state index is 0.638. The Bertz CT molecular complexity index is 606. The molecule has 1 N–H and O–H groups in total. The summed E-state index contributed by atoms with van der Waals surface area (Å²) in [5.74, 6) is 0.879. The zero-order valence-corrected chi connectivity index (χ0v) is 14.1. The van der Waals surface area contributed by atoms with E-state index in [2.05, 4.69) is 33.5 Å². The van der Waals surface area contributed by atoms with E-state index in [0.717, 1.165) is 17.4 Å².